The van der Waals surface area contributed by atoms with Gasteiger partial charge >= 0.3 is 0 Å². The summed E-state index contributed by atoms with van der Waals surface area (Å²) in [6.07, 6.45) is 6.66. The van der Waals surface area contributed by atoms with Crippen molar-refractivity contribution in [3.8, 4) is 45.3 Å². The Balaban J connectivity index is 1.06. The highest BCUT2D eigenvalue weighted by Crippen LogP contribution is 2.65. The predicted molar refractivity (Wildman–Crippen MR) is 222 cm³/mol. The standard InChI is InChI=1S/C49H44N3OP/c1-54(2,53)45-26-25-42(43-15-9-10-16-44(43)45)34-17-21-38(22-18-34)49(40-28-32-27-33(30-40)31-41(49)29-32)39-23-19-37(20-24-39)48-51-46(35-11-5-3-6-12-35)50-47(52-48)36-13-7-4-8-14-36/h3-26,32-33,40-41H,27-31H2,1-2H3. The van der Waals surface area contributed by atoms with Crippen molar-refractivity contribution in [1.29, 1.82) is 0 Å². The molecule has 11 rings (SSSR count). The lowest BCUT2D eigenvalue weighted by atomic mass is 9.42. The summed E-state index contributed by atoms with van der Waals surface area (Å²) in [5.74, 6) is 5.02. The molecule has 5 heteroatoms. The van der Waals surface area contributed by atoms with E-state index in [-0.39, 0.29) is 5.41 Å². The summed E-state index contributed by atoms with van der Waals surface area (Å²) in [4.78, 5) is 15.0. The smallest absolute Gasteiger partial charge is 0.164 e. The maximum atomic E-state index is 13.2. The minimum atomic E-state index is -2.42. The van der Waals surface area contributed by atoms with Gasteiger partial charge in [-0.2, -0.15) is 0 Å². The van der Waals surface area contributed by atoms with Crippen molar-refractivity contribution in [2.24, 2.45) is 23.7 Å². The Morgan fingerprint density at radius 1 is 0.463 bits per heavy atom. The molecule has 4 fully saturated rings. The quantitative estimate of drug-likeness (QED) is 0.154. The molecule has 7 aromatic rings. The van der Waals surface area contributed by atoms with Crippen LogP contribution in [0.1, 0.15) is 43.2 Å². The summed E-state index contributed by atoms with van der Waals surface area (Å²) in [7, 11) is -2.42. The van der Waals surface area contributed by atoms with Crippen LogP contribution in [-0.4, -0.2) is 28.3 Å². The molecule has 1 heterocycles. The third kappa shape index (κ3) is 5.57. The van der Waals surface area contributed by atoms with Crippen LogP contribution in [0.25, 0.3) is 56.1 Å². The molecule has 0 atom stereocenters. The van der Waals surface area contributed by atoms with Crippen LogP contribution in [0, 0.1) is 23.7 Å². The third-order valence-corrected chi connectivity index (χ3v) is 14.5. The van der Waals surface area contributed by atoms with E-state index in [0.717, 1.165) is 44.6 Å². The van der Waals surface area contributed by atoms with Gasteiger partial charge in [-0.1, -0.05) is 146 Å². The van der Waals surface area contributed by atoms with Gasteiger partial charge in [-0.05, 0) is 102 Å². The number of hydrogen-bond acceptors (Lipinski definition) is 4. The van der Waals surface area contributed by atoms with Crippen molar-refractivity contribution < 1.29 is 4.57 Å². The fourth-order valence-corrected chi connectivity index (χ4v) is 12.0. The second-order valence-electron chi connectivity index (χ2n) is 16.4. The van der Waals surface area contributed by atoms with Gasteiger partial charge in [-0.25, -0.2) is 15.0 Å². The molecule has 0 spiro atoms. The molecule has 6 aromatic carbocycles. The first-order chi connectivity index (χ1) is 26.3. The zero-order valence-corrected chi connectivity index (χ0v) is 31.8. The van der Waals surface area contributed by atoms with Crippen molar-refractivity contribution in [2.45, 2.75) is 37.5 Å². The summed E-state index contributed by atoms with van der Waals surface area (Å²) >= 11 is 0. The Hall–Kier alpha value is -5.18. The monoisotopic (exact) mass is 721 g/mol. The van der Waals surface area contributed by atoms with Crippen molar-refractivity contribution in [3.05, 3.63) is 157 Å². The fraction of sp³-hybridized carbons (Fsp3) is 0.245. The lowest BCUT2D eigenvalue weighted by molar-refractivity contribution is -0.0418. The highest BCUT2D eigenvalue weighted by atomic mass is 31.2. The first-order valence-corrected chi connectivity index (χ1v) is 22.1. The minimum absolute atomic E-state index is 0.0308. The molecule has 0 radical (unpaired) electrons. The zero-order valence-electron chi connectivity index (χ0n) is 30.9. The van der Waals surface area contributed by atoms with Crippen molar-refractivity contribution in [2.75, 3.05) is 13.3 Å². The van der Waals surface area contributed by atoms with Gasteiger partial charge in [-0.15, -0.1) is 0 Å². The zero-order chi connectivity index (χ0) is 36.4. The molecule has 0 unspecified atom stereocenters. The molecule has 0 amide bonds. The van der Waals surface area contributed by atoms with E-state index in [0.29, 0.717) is 29.3 Å². The predicted octanol–water partition coefficient (Wildman–Crippen LogP) is 11.7. The summed E-state index contributed by atoms with van der Waals surface area (Å²) in [5, 5.41) is 3.21. The van der Waals surface area contributed by atoms with Crippen LogP contribution >= 0.6 is 7.14 Å². The lowest BCUT2D eigenvalue weighted by Crippen LogP contribution is -2.56. The normalized spacial score (nSPS) is 23.1. The lowest BCUT2D eigenvalue weighted by Gasteiger charge is -2.62. The molecule has 266 valence electrons. The number of hydrogen-bond donors (Lipinski definition) is 0. The van der Waals surface area contributed by atoms with E-state index in [1.807, 2.05) is 49.7 Å². The van der Waals surface area contributed by atoms with Crippen LogP contribution in [0.5, 0.6) is 0 Å². The first kappa shape index (κ1) is 33.4. The summed E-state index contributed by atoms with van der Waals surface area (Å²) in [5.41, 5.74) is 8.19. The molecule has 0 N–H and O–H groups in total. The van der Waals surface area contributed by atoms with Crippen molar-refractivity contribution >= 4 is 23.2 Å². The molecule has 0 aliphatic heterocycles. The Labute approximate surface area is 318 Å². The van der Waals surface area contributed by atoms with Crippen LogP contribution in [0.4, 0.5) is 0 Å². The van der Waals surface area contributed by atoms with Crippen molar-refractivity contribution in [3.63, 3.8) is 0 Å². The van der Waals surface area contributed by atoms with E-state index in [1.165, 1.54) is 54.4 Å². The molecule has 54 heavy (non-hydrogen) atoms. The van der Waals surface area contributed by atoms with Gasteiger partial charge < -0.3 is 4.57 Å². The van der Waals surface area contributed by atoms with E-state index in [1.54, 1.807) is 0 Å². The number of nitrogens with zero attached hydrogens (tertiary/aromatic N) is 3. The minimum Gasteiger partial charge on any atom is -0.319 e. The number of benzene rings is 6. The number of rotatable bonds is 7. The van der Waals surface area contributed by atoms with Gasteiger partial charge in [0.2, 0.25) is 0 Å². The first-order valence-electron chi connectivity index (χ1n) is 19.5. The van der Waals surface area contributed by atoms with E-state index in [4.69, 9.17) is 15.0 Å². The average molecular weight is 722 g/mol. The largest absolute Gasteiger partial charge is 0.319 e. The molecule has 4 bridgehead atoms. The van der Waals surface area contributed by atoms with E-state index < -0.39 is 7.14 Å². The van der Waals surface area contributed by atoms with Gasteiger partial charge in [-0.3, -0.25) is 0 Å². The Bertz CT molecular complexity index is 2460. The van der Waals surface area contributed by atoms with Gasteiger partial charge in [0.1, 0.15) is 7.14 Å². The molecule has 4 aliphatic rings. The fourth-order valence-electron chi connectivity index (χ4n) is 10.8. The summed E-state index contributed by atoms with van der Waals surface area (Å²) in [6.45, 7) is 3.74. The van der Waals surface area contributed by atoms with E-state index in [9.17, 15) is 4.57 Å². The highest BCUT2D eigenvalue weighted by Gasteiger charge is 2.58. The van der Waals surface area contributed by atoms with Crippen LogP contribution in [-0.2, 0) is 9.98 Å². The maximum Gasteiger partial charge on any atom is 0.164 e. The number of fused-ring (bicyclic) bond motifs is 1. The SMILES string of the molecule is CP(C)(=O)c1ccc(-c2ccc(C3(c4ccc(-c5nc(-c6ccccc6)nc(-c6ccccc6)n5)cc4)C4CC5CC(C4)CC3C5)cc2)c2ccccc12. The summed E-state index contributed by atoms with van der Waals surface area (Å²) < 4.78 is 13.2. The number of aromatic nitrogens is 3. The van der Waals surface area contributed by atoms with Gasteiger partial charge in [0, 0.05) is 27.4 Å². The third-order valence-electron chi connectivity index (χ3n) is 12.9. The second-order valence-corrected chi connectivity index (χ2v) is 19.6. The highest BCUT2D eigenvalue weighted by molar-refractivity contribution is 7.70. The van der Waals surface area contributed by atoms with E-state index >= 15 is 0 Å². The average Bonchev–Trinajstić information content (AvgIpc) is 3.21. The van der Waals surface area contributed by atoms with Gasteiger partial charge in [0.15, 0.2) is 17.5 Å². The van der Waals surface area contributed by atoms with Gasteiger partial charge in [0.05, 0.1) is 0 Å². The molecule has 4 nitrogen and oxygen atoms in total. The molecule has 4 saturated carbocycles. The van der Waals surface area contributed by atoms with Crippen LogP contribution in [0.15, 0.2) is 146 Å². The molecular weight excluding hydrogens is 678 g/mol. The second kappa shape index (κ2) is 13.0. The molecular formula is C49H44N3OP. The Kier molecular flexibility index (Phi) is 8.04. The van der Waals surface area contributed by atoms with E-state index in [2.05, 4.69) is 109 Å². The van der Waals surface area contributed by atoms with Gasteiger partial charge in [0.25, 0.3) is 0 Å². The molecule has 0 saturated heterocycles. The Morgan fingerprint density at radius 3 is 1.37 bits per heavy atom. The molecule has 4 aliphatic carbocycles. The molecule has 1 aromatic heterocycles. The Morgan fingerprint density at radius 2 is 0.889 bits per heavy atom. The van der Waals surface area contributed by atoms with Crippen molar-refractivity contribution in [1.82, 2.24) is 15.0 Å². The van der Waals surface area contributed by atoms with Crippen LogP contribution in [0.2, 0.25) is 0 Å². The maximum absolute atomic E-state index is 13.2. The topological polar surface area (TPSA) is 55.7 Å². The van der Waals surface area contributed by atoms with Crippen LogP contribution in [0.3, 0.4) is 0 Å². The van der Waals surface area contributed by atoms with Crippen LogP contribution < -0.4 is 5.30 Å². The summed E-state index contributed by atoms with van der Waals surface area (Å²) in [6, 6.07) is 52.0.